The Balaban J connectivity index is 1.71. The van der Waals surface area contributed by atoms with Gasteiger partial charge in [-0.2, -0.15) is 0 Å². The minimum absolute atomic E-state index is 0.578. The molecule has 4 heteroatoms. The highest BCUT2D eigenvalue weighted by Crippen LogP contribution is 2.13. The molecule has 2 aliphatic heterocycles. The molecule has 16 heavy (non-hydrogen) atoms. The van der Waals surface area contributed by atoms with Gasteiger partial charge >= 0.3 is 0 Å². The number of ether oxygens (including phenoxy) is 1. The lowest BCUT2D eigenvalue weighted by atomic mass is 10.0. The topological polar surface area (TPSA) is 36.5 Å². The zero-order valence-corrected chi connectivity index (χ0v) is 10.5. The van der Waals surface area contributed by atoms with Crippen LogP contribution in [0.15, 0.2) is 0 Å². The molecule has 4 nitrogen and oxygen atoms in total. The highest BCUT2D eigenvalue weighted by Gasteiger charge is 2.26. The monoisotopic (exact) mass is 227 g/mol. The first-order valence-corrected chi connectivity index (χ1v) is 6.57. The molecular weight excluding hydrogens is 202 g/mol. The van der Waals surface area contributed by atoms with Crippen LogP contribution in [0.4, 0.5) is 0 Å². The number of hydrogen-bond acceptors (Lipinski definition) is 4. The van der Waals surface area contributed by atoms with E-state index in [1.807, 2.05) is 0 Å². The van der Waals surface area contributed by atoms with Gasteiger partial charge in [0.1, 0.15) is 0 Å². The van der Waals surface area contributed by atoms with Gasteiger partial charge in [-0.1, -0.05) is 13.8 Å². The Morgan fingerprint density at radius 2 is 2.00 bits per heavy atom. The Labute approximate surface area is 98.7 Å². The molecule has 0 saturated carbocycles. The predicted octanol–water partition coefficient (Wildman–Crippen LogP) is 0.395. The summed E-state index contributed by atoms with van der Waals surface area (Å²) in [5.74, 6) is 0. The van der Waals surface area contributed by atoms with Gasteiger partial charge < -0.3 is 15.4 Å². The van der Waals surface area contributed by atoms with Crippen LogP contribution < -0.4 is 10.6 Å². The standard InChI is InChI=1S/C12H25N3O/c1-10(2)14-11-3-4-12(13-9-11)15-5-7-16-8-6-15/h10-14H,3-9H2,1-2H3. The van der Waals surface area contributed by atoms with Crippen molar-refractivity contribution in [2.45, 2.75) is 44.9 Å². The van der Waals surface area contributed by atoms with Crippen LogP contribution in [-0.4, -0.2) is 56.0 Å². The SMILES string of the molecule is CC(C)NC1CCC(N2CCOCC2)NC1. The highest BCUT2D eigenvalue weighted by molar-refractivity contribution is 4.83. The van der Waals surface area contributed by atoms with Crippen LogP contribution in [0, 0.1) is 0 Å². The van der Waals surface area contributed by atoms with Gasteiger partial charge in [0.2, 0.25) is 0 Å². The van der Waals surface area contributed by atoms with Crippen LogP contribution in [0.1, 0.15) is 26.7 Å². The fourth-order valence-electron chi connectivity index (χ4n) is 2.66. The van der Waals surface area contributed by atoms with E-state index in [0.717, 1.165) is 32.8 Å². The fourth-order valence-corrected chi connectivity index (χ4v) is 2.66. The van der Waals surface area contributed by atoms with Crippen molar-refractivity contribution in [1.29, 1.82) is 0 Å². The molecule has 2 rings (SSSR count). The number of hydrogen-bond donors (Lipinski definition) is 2. The van der Waals surface area contributed by atoms with E-state index in [1.54, 1.807) is 0 Å². The van der Waals surface area contributed by atoms with Gasteiger partial charge in [0.25, 0.3) is 0 Å². The molecule has 2 atom stereocenters. The zero-order valence-electron chi connectivity index (χ0n) is 10.5. The number of nitrogens with one attached hydrogen (secondary N) is 2. The second kappa shape index (κ2) is 5.96. The van der Waals surface area contributed by atoms with Crippen molar-refractivity contribution in [2.24, 2.45) is 0 Å². The first kappa shape index (κ1) is 12.3. The third-order valence-corrected chi connectivity index (χ3v) is 3.44. The molecule has 0 bridgehead atoms. The summed E-state index contributed by atoms with van der Waals surface area (Å²) in [5.41, 5.74) is 0. The molecule has 2 fully saturated rings. The summed E-state index contributed by atoms with van der Waals surface area (Å²) in [4.78, 5) is 2.52. The molecule has 0 radical (unpaired) electrons. The summed E-state index contributed by atoms with van der Waals surface area (Å²) >= 11 is 0. The van der Waals surface area contributed by atoms with E-state index in [1.165, 1.54) is 12.8 Å². The summed E-state index contributed by atoms with van der Waals surface area (Å²) in [7, 11) is 0. The molecular formula is C12H25N3O. The molecule has 0 aliphatic carbocycles. The van der Waals surface area contributed by atoms with Crippen molar-refractivity contribution in [3.05, 3.63) is 0 Å². The van der Waals surface area contributed by atoms with E-state index in [4.69, 9.17) is 4.74 Å². The minimum atomic E-state index is 0.578. The summed E-state index contributed by atoms with van der Waals surface area (Å²) < 4.78 is 5.38. The second-order valence-corrected chi connectivity index (χ2v) is 5.17. The van der Waals surface area contributed by atoms with Crippen molar-refractivity contribution >= 4 is 0 Å². The summed E-state index contributed by atoms with van der Waals surface area (Å²) in [6.45, 7) is 9.49. The van der Waals surface area contributed by atoms with Gasteiger partial charge in [-0.15, -0.1) is 0 Å². The maximum Gasteiger partial charge on any atom is 0.0599 e. The third-order valence-electron chi connectivity index (χ3n) is 3.44. The average molecular weight is 227 g/mol. The number of nitrogens with zero attached hydrogens (tertiary/aromatic N) is 1. The fraction of sp³-hybridized carbons (Fsp3) is 1.00. The quantitative estimate of drug-likeness (QED) is 0.731. The van der Waals surface area contributed by atoms with Crippen LogP contribution in [0.2, 0.25) is 0 Å². The lowest BCUT2D eigenvalue weighted by Crippen LogP contribution is -2.57. The lowest BCUT2D eigenvalue weighted by Gasteiger charge is -2.40. The van der Waals surface area contributed by atoms with E-state index >= 15 is 0 Å². The second-order valence-electron chi connectivity index (χ2n) is 5.17. The zero-order chi connectivity index (χ0) is 11.4. The van der Waals surface area contributed by atoms with Crippen LogP contribution in [0.25, 0.3) is 0 Å². The first-order chi connectivity index (χ1) is 7.75. The average Bonchev–Trinajstić information content (AvgIpc) is 2.30. The lowest BCUT2D eigenvalue weighted by molar-refractivity contribution is 0.000180. The maximum absolute atomic E-state index is 5.38. The van der Waals surface area contributed by atoms with Gasteiger partial charge in [-0.3, -0.25) is 4.90 Å². The van der Waals surface area contributed by atoms with Crippen molar-refractivity contribution in [2.75, 3.05) is 32.8 Å². The molecule has 2 heterocycles. The molecule has 0 aromatic rings. The Bertz CT molecular complexity index is 196. The maximum atomic E-state index is 5.38. The molecule has 0 spiro atoms. The molecule has 2 unspecified atom stereocenters. The van der Waals surface area contributed by atoms with Gasteiger partial charge in [-0.05, 0) is 12.8 Å². The van der Waals surface area contributed by atoms with Gasteiger partial charge in [0.05, 0.1) is 19.4 Å². The highest BCUT2D eigenvalue weighted by atomic mass is 16.5. The van der Waals surface area contributed by atoms with E-state index in [0.29, 0.717) is 18.2 Å². The molecule has 2 saturated heterocycles. The Hall–Kier alpha value is -0.160. The van der Waals surface area contributed by atoms with Crippen LogP contribution >= 0.6 is 0 Å². The number of piperidine rings is 1. The third kappa shape index (κ3) is 3.42. The largest absolute Gasteiger partial charge is 0.379 e. The van der Waals surface area contributed by atoms with E-state index in [-0.39, 0.29) is 0 Å². The van der Waals surface area contributed by atoms with Gasteiger partial charge in [-0.25, -0.2) is 0 Å². The Morgan fingerprint density at radius 3 is 2.56 bits per heavy atom. The Kier molecular flexibility index (Phi) is 4.58. The molecule has 0 aromatic heterocycles. The van der Waals surface area contributed by atoms with Crippen molar-refractivity contribution in [3.63, 3.8) is 0 Å². The predicted molar refractivity (Wildman–Crippen MR) is 65.5 cm³/mol. The van der Waals surface area contributed by atoms with E-state index in [9.17, 15) is 0 Å². The number of rotatable bonds is 3. The smallest absolute Gasteiger partial charge is 0.0599 e. The summed E-state index contributed by atoms with van der Waals surface area (Å²) in [6, 6.07) is 1.24. The summed E-state index contributed by atoms with van der Waals surface area (Å²) in [5, 5.41) is 7.25. The van der Waals surface area contributed by atoms with E-state index in [2.05, 4.69) is 29.4 Å². The van der Waals surface area contributed by atoms with Gasteiger partial charge in [0.15, 0.2) is 0 Å². The van der Waals surface area contributed by atoms with Crippen molar-refractivity contribution < 1.29 is 4.74 Å². The molecule has 0 aromatic carbocycles. The first-order valence-electron chi connectivity index (χ1n) is 6.57. The Morgan fingerprint density at radius 1 is 1.25 bits per heavy atom. The van der Waals surface area contributed by atoms with Crippen molar-refractivity contribution in [1.82, 2.24) is 15.5 Å². The minimum Gasteiger partial charge on any atom is -0.379 e. The summed E-state index contributed by atoms with van der Waals surface area (Å²) in [6.07, 6.45) is 3.12. The van der Waals surface area contributed by atoms with E-state index < -0.39 is 0 Å². The van der Waals surface area contributed by atoms with Crippen molar-refractivity contribution in [3.8, 4) is 0 Å². The van der Waals surface area contributed by atoms with Crippen LogP contribution in [0.3, 0.4) is 0 Å². The molecule has 2 aliphatic rings. The van der Waals surface area contributed by atoms with Gasteiger partial charge in [0, 0.05) is 31.7 Å². The van der Waals surface area contributed by atoms with Crippen LogP contribution in [0.5, 0.6) is 0 Å². The molecule has 0 amide bonds. The molecule has 94 valence electrons. The number of morpholine rings is 1. The molecule has 2 N–H and O–H groups in total. The van der Waals surface area contributed by atoms with Crippen LogP contribution in [-0.2, 0) is 4.74 Å². The normalized spacial score (nSPS) is 33.2.